The molecule has 0 radical (unpaired) electrons. The van der Waals surface area contributed by atoms with Gasteiger partial charge in [-0.15, -0.1) is 0 Å². The lowest BCUT2D eigenvalue weighted by Gasteiger charge is -2.11. The fourth-order valence-electron chi connectivity index (χ4n) is 3.93. The van der Waals surface area contributed by atoms with Gasteiger partial charge in [0.25, 0.3) is 0 Å². The highest BCUT2D eigenvalue weighted by atomic mass is 16.5. The molecule has 4 aromatic carbocycles. The van der Waals surface area contributed by atoms with Gasteiger partial charge in [0.05, 0.1) is 12.7 Å². The van der Waals surface area contributed by atoms with E-state index < -0.39 is 5.97 Å². The van der Waals surface area contributed by atoms with E-state index in [2.05, 4.69) is 12.1 Å². The van der Waals surface area contributed by atoms with Gasteiger partial charge in [-0.3, -0.25) is 4.79 Å². The summed E-state index contributed by atoms with van der Waals surface area (Å²) in [5, 5.41) is 0. The normalized spacial score (nSPS) is 10.6. The molecule has 0 unspecified atom stereocenters. The summed E-state index contributed by atoms with van der Waals surface area (Å²) in [5.74, 6) is 2.16. The summed E-state index contributed by atoms with van der Waals surface area (Å²) in [6.45, 7) is 5.48. The molecule has 0 aromatic heterocycles. The largest absolute Gasteiger partial charge is 0.496 e. The SMILES string of the molecule is COc1ccc(Cc2ccc(OC(=O)c3ccc(Oc4ccc(C(C)=O)cc4)cc3)c(C)c2)cc1C. The maximum atomic E-state index is 12.7. The van der Waals surface area contributed by atoms with Crippen LogP contribution in [0.15, 0.2) is 84.9 Å². The van der Waals surface area contributed by atoms with Crippen LogP contribution in [0.2, 0.25) is 0 Å². The van der Waals surface area contributed by atoms with Gasteiger partial charge in [-0.2, -0.15) is 0 Å². The van der Waals surface area contributed by atoms with Crippen LogP contribution in [0.4, 0.5) is 0 Å². The van der Waals surface area contributed by atoms with E-state index in [1.165, 1.54) is 12.5 Å². The molecule has 0 spiro atoms. The van der Waals surface area contributed by atoms with Gasteiger partial charge in [0, 0.05) is 5.56 Å². The molecule has 5 nitrogen and oxygen atoms in total. The Kier molecular flexibility index (Phi) is 7.50. The van der Waals surface area contributed by atoms with Crippen LogP contribution >= 0.6 is 0 Å². The van der Waals surface area contributed by atoms with E-state index in [1.54, 1.807) is 55.6 Å². The zero-order chi connectivity index (χ0) is 25.7. The minimum Gasteiger partial charge on any atom is -0.496 e. The summed E-state index contributed by atoms with van der Waals surface area (Å²) in [5.41, 5.74) is 5.36. The first-order valence-corrected chi connectivity index (χ1v) is 11.7. The first kappa shape index (κ1) is 24.7. The third-order valence-electron chi connectivity index (χ3n) is 5.90. The van der Waals surface area contributed by atoms with Crippen LogP contribution in [0.3, 0.4) is 0 Å². The monoisotopic (exact) mass is 480 g/mol. The van der Waals surface area contributed by atoms with Gasteiger partial charge in [-0.05, 0) is 110 Å². The van der Waals surface area contributed by atoms with Crippen molar-refractivity contribution >= 4 is 11.8 Å². The fraction of sp³-hybridized carbons (Fsp3) is 0.161. The molecule has 0 aliphatic rings. The van der Waals surface area contributed by atoms with Crippen molar-refractivity contribution in [2.24, 2.45) is 0 Å². The second-order valence-corrected chi connectivity index (χ2v) is 8.68. The first-order valence-electron chi connectivity index (χ1n) is 11.7. The van der Waals surface area contributed by atoms with Gasteiger partial charge in [-0.25, -0.2) is 4.79 Å². The molecule has 0 N–H and O–H groups in total. The van der Waals surface area contributed by atoms with Crippen LogP contribution < -0.4 is 14.2 Å². The maximum absolute atomic E-state index is 12.7. The number of carbonyl (C=O) groups excluding carboxylic acids is 2. The molecular weight excluding hydrogens is 452 g/mol. The number of ketones is 1. The molecule has 5 heteroatoms. The summed E-state index contributed by atoms with van der Waals surface area (Å²) in [4.78, 5) is 24.1. The number of methoxy groups -OCH3 is 1. The van der Waals surface area contributed by atoms with E-state index in [-0.39, 0.29) is 5.78 Å². The number of rotatable bonds is 8. The molecule has 0 aliphatic carbocycles. The second-order valence-electron chi connectivity index (χ2n) is 8.68. The minimum atomic E-state index is -0.436. The van der Waals surface area contributed by atoms with Crippen molar-refractivity contribution in [1.29, 1.82) is 0 Å². The van der Waals surface area contributed by atoms with E-state index in [4.69, 9.17) is 14.2 Å². The molecule has 0 bridgehead atoms. The summed E-state index contributed by atoms with van der Waals surface area (Å²) in [6.07, 6.45) is 0.777. The number of ether oxygens (including phenoxy) is 3. The quantitative estimate of drug-likeness (QED) is 0.153. The number of hydrogen-bond acceptors (Lipinski definition) is 5. The van der Waals surface area contributed by atoms with Crippen LogP contribution in [-0.2, 0) is 6.42 Å². The Hall–Kier alpha value is -4.38. The van der Waals surface area contributed by atoms with Crippen LogP contribution in [0.5, 0.6) is 23.0 Å². The summed E-state index contributed by atoms with van der Waals surface area (Å²) in [7, 11) is 1.67. The summed E-state index contributed by atoms with van der Waals surface area (Å²) in [6, 6.07) is 25.7. The Morgan fingerprint density at radius 3 is 1.64 bits per heavy atom. The molecule has 0 aliphatic heterocycles. The predicted molar refractivity (Wildman–Crippen MR) is 140 cm³/mol. The van der Waals surface area contributed by atoms with Crippen molar-refractivity contribution in [3.63, 3.8) is 0 Å². The highest BCUT2D eigenvalue weighted by Crippen LogP contribution is 2.26. The van der Waals surface area contributed by atoms with Crippen molar-refractivity contribution < 1.29 is 23.8 Å². The van der Waals surface area contributed by atoms with Crippen LogP contribution in [0.25, 0.3) is 0 Å². The van der Waals surface area contributed by atoms with Crippen molar-refractivity contribution in [2.45, 2.75) is 27.2 Å². The van der Waals surface area contributed by atoms with E-state index in [0.717, 1.165) is 28.9 Å². The number of Topliss-reactive ketones (excluding diaryl/α,β-unsaturated/α-hetero) is 1. The Morgan fingerprint density at radius 2 is 1.17 bits per heavy atom. The number of carbonyl (C=O) groups is 2. The van der Waals surface area contributed by atoms with Crippen LogP contribution in [-0.4, -0.2) is 18.9 Å². The lowest BCUT2D eigenvalue weighted by Crippen LogP contribution is -2.09. The van der Waals surface area contributed by atoms with Gasteiger partial charge in [-0.1, -0.05) is 24.3 Å². The summed E-state index contributed by atoms with van der Waals surface area (Å²) < 4.78 is 16.8. The van der Waals surface area contributed by atoms with Gasteiger partial charge in [0.2, 0.25) is 0 Å². The van der Waals surface area contributed by atoms with Crippen molar-refractivity contribution in [3.05, 3.63) is 118 Å². The standard InChI is InChI=1S/C31H28O5/c1-20-17-23(5-15-29(20)34-4)19-24-6-16-30(21(2)18-24)36-31(33)26-9-13-28(14-10-26)35-27-11-7-25(8-12-27)22(3)32/h5-18H,19H2,1-4H3. The van der Waals surface area contributed by atoms with Gasteiger partial charge in [0.15, 0.2) is 5.78 Å². The van der Waals surface area contributed by atoms with Crippen LogP contribution in [0.1, 0.15) is 49.9 Å². The molecule has 0 saturated carbocycles. The fourth-order valence-corrected chi connectivity index (χ4v) is 3.93. The molecule has 4 aromatic rings. The topological polar surface area (TPSA) is 61.8 Å². The van der Waals surface area contributed by atoms with E-state index in [1.807, 2.05) is 38.1 Å². The molecule has 0 heterocycles. The zero-order valence-electron chi connectivity index (χ0n) is 20.8. The third-order valence-corrected chi connectivity index (χ3v) is 5.90. The van der Waals surface area contributed by atoms with Gasteiger partial charge >= 0.3 is 5.97 Å². The summed E-state index contributed by atoms with van der Waals surface area (Å²) >= 11 is 0. The average molecular weight is 481 g/mol. The molecular formula is C31H28O5. The minimum absolute atomic E-state index is 0.00150. The van der Waals surface area contributed by atoms with E-state index in [0.29, 0.717) is 28.4 Å². The average Bonchev–Trinajstić information content (AvgIpc) is 2.86. The molecule has 0 saturated heterocycles. The predicted octanol–water partition coefficient (Wildman–Crippen LogP) is 7.12. The molecule has 4 rings (SSSR count). The van der Waals surface area contributed by atoms with E-state index in [9.17, 15) is 9.59 Å². The molecule has 0 amide bonds. The van der Waals surface area contributed by atoms with Crippen LogP contribution in [0, 0.1) is 13.8 Å². The number of esters is 1. The Morgan fingerprint density at radius 1 is 0.667 bits per heavy atom. The smallest absolute Gasteiger partial charge is 0.343 e. The number of benzene rings is 4. The van der Waals surface area contributed by atoms with Crippen molar-refractivity contribution in [1.82, 2.24) is 0 Å². The Balaban J connectivity index is 1.38. The number of aryl methyl sites for hydroxylation is 2. The molecule has 36 heavy (non-hydrogen) atoms. The van der Waals surface area contributed by atoms with E-state index >= 15 is 0 Å². The third kappa shape index (κ3) is 5.99. The second kappa shape index (κ2) is 10.9. The highest BCUT2D eigenvalue weighted by Gasteiger charge is 2.12. The highest BCUT2D eigenvalue weighted by molar-refractivity contribution is 5.94. The molecule has 0 atom stereocenters. The Bertz CT molecular complexity index is 1390. The number of hydrogen-bond donors (Lipinski definition) is 0. The maximum Gasteiger partial charge on any atom is 0.343 e. The van der Waals surface area contributed by atoms with Gasteiger partial charge < -0.3 is 14.2 Å². The van der Waals surface area contributed by atoms with Crippen molar-refractivity contribution in [2.75, 3.05) is 7.11 Å². The first-order chi connectivity index (χ1) is 17.3. The molecule has 182 valence electrons. The lowest BCUT2D eigenvalue weighted by molar-refractivity contribution is 0.0733. The Labute approximate surface area is 211 Å². The van der Waals surface area contributed by atoms with Gasteiger partial charge in [0.1, 0.15) is 23.0 Å². The van der Waals surface area contributed by atoms with Crippen molar-refractivity contribution in [3.8, 4) is 23.0 Å². The molecule has 0 fully saturated rings. The zero-order valence-corrected chi connectivity index (χ0v) is 20.8. The lowest BCUT2D eigenvalue weighted by atomic mass is 10.0.